The molecule has 28 heavy (non-hydrogen) atoms. The fraction of sp³-hybridized carbons (Fsp3) is 0.619. The highest BCUT2D eigenvalue weighted by Gasteiger charge is 2.30. The van der Waals surface area contributed by atoms with Crippen LogP contribution >= 0.6 is 0 Å². The van der Waals surface area contributed by atoms with Crippen LogP contribution in [0.3, 0.4) is 0 Å². The smallest absolute Gasteiger partial charge is 0.251 e. The first-order valence-electron chi connectivity index (χ1n) is 10.1. The van der Waals surface area contributed by atoms with Gasteiger partial charge in [-0.1, -0.05) is 18.2 Å². The molecule has 2 amide bonds. The number of nitrogens with one attached hydrogen (secondary N) is 1. The number of piperidine rings is 1. The van der Waals surface area contributed by atoms with Crippen LogP contribution in [0, 0.1) is 0 Å². The SMILES string of the molecule is COC1CN(CCCC(=O)N2CCCC2)CCC1NC(=O)c1ccccc1.O. The maximum Gasteiger partial charge on any atom is 0.251 e. The van der Waals surface area contributed by atoms with Crippen LogP contribution in [0.15, 0.2) is 30.3 Å². The van der Waals surface area contributed by atoms with Crippen molar-refractivity contribution < 1.29 is 19.8 Å². The average molecular weight is 392 g/mol. The molecular formula is C21H33N3O4. The molecule has 1 aromatic rings. The molecule has 3 N–H and O–H groups in total. The Kier molecular flexibility index (Phi) is 8.89. The lowest BCUT2D eigenvalue weighted by atomic mass is 10.0. The van der Waals surface area contributed by atoms with Gasteiger partial charge in [-0.25, -0.2) is 0 Å². The maximum atomic E-state index is 12.4. The van der Waals surface area contributed by atoms with Crippen molar-refractivity contribution in [2.75, 3.05) is 39.8 Å². The third kappa shape index (κ3) is 6.02. The van der Waals surface area contributed by atoms with Gasteiger partial charge in [0.15, 0.2) is 0 Å². The number of carbonyl (C=O) groups excluding carboxylic acids is 2. The van der Waals surface area contributed by atoms with Crippen molar-refractivity contribution in [2.45, 2.75) is 44.2 Å². The third-order valence-electron chi connectivity index (χ3n) is 5.62. The Balaban J connectivity index is 0.00000280. The Labute approximate surface area is 167 Å². The minimum Gasteiger partial charge on any atom is -0.412 e. The number of hydrogen-bond donors (Lipinski definition) is 1. The van der Waals surface area contributed by atoms with E-state index in [4.69, 9.17) is 4.74 Å². The second-order valence-corrected chi connectivity index (χ2v) is 7.50. The van der Waals surface area contributed by atoms with E-state index in [1.54, 1.807) is 7.11 Å². The van der Waals surface area contributed by atoms with E-state index in [9.17, 15) is 9.59 Å². The highest BCUT2D eigenvalue weighted by Crippen LogP contribution is 2.16. The summed E-state index contributed by atoms with van der Waals surface area (Å²) in [5.41, 5.74) is 0.676. The van der Waals surface area contributed by atoms with Gasteiger partial charge < -0.3 is 25.3 Å². The van der Waals surface area contributed by atoms with Crippen molar-refractivity contribution in [3.63, 3.8) is 0 Å². The first-order valence-corrected chi connectivity index (χ1v) is 10.1. The number of nitrogens with zero attached hydrogens (tertiary/aromatic N) is 2. The highest BCUT2D eigenvalue weighted by atomic mass is 16.5. The van der Waals surface area contributed by atoms with Crippen molar-refractivity contribution >= 4 is 11.8 Å². The van der Waals surface area contributed by atoms with E-state index in [0.717, 1.165) is 58.4 Å². The Morgan fingerprint density at radius 2 is 1.86 bits per heavy atom. The van der Waals surface area contributed by atoms with E-state index in [2.05, 4.69) is 10.2 Å². The summed E-state index contributed by atoms with van der Waals surface area (Å²) < 4.78 is 5.65. The zero-order valence-corrected chi connectivity index (χ0v) is 16.7. The topological polar surface area (TPSA) is 93.4 Å². The summed E-state index contributed by atoms with van der Waals surface area (Å²) in [5, 5.41) is 3.12. The second-order valence-electron chi connectivity index (χ2n) is 7.50. The number of rotatable bonds is 7. The molecule has 7 nitrogen and oxygen atoms in total. The number of amides is 2. The minimum absolute atomic E-state index is 0. The normalized spacial score (nSPS) is 22.5. The summed E-state index contributed by atoms with van der Waals surface area (Å²) in [6.07, 6.45) is 4.62. The number of likely N-dealkylation sites (tertiary alicyclic amines) is 2. The maximum absolute atomic E-state index is 12.4. The quantitative estimate of drug-likeness (QED) is 0.753. The lowest BCUT2D eigenvalue weighted by Crippen LogP contribution is -2.54. The van der Waals surface area contributed by atoms with Gasteiger partial charge in [0.25, 0.3) is 5.91 Å². The van der Waals surface area contributed by atoms with E-state index < -0.39 is 0 Å². The summed E-state index contributed by atoms with van der Waals surface area (Å²) in [6.45, 7) is 4.46. The minimum atomic E-state index is -0.0488. The van der Waals surface area contributed by atoms with E-state index >= 15 is 0 Å². The van der Waals surface area contributed by atoms with Gasteiger partial charge in [0.1, 0.15) is 0 Å². The number of hydrogen-bond acceptors (Lipinski definition) is 4. The molecule has 2 unspecified atom stereocenters. The predicted molar refractivity (Wildman–Crippen MR) is 108 cm³/mol. The fourth-order valence-electron chi connectivity index (χ4n) is 4.01. The zero-order valence-electron chi connectivity index (χ0n) is 16.7. The van der Waals surface area contributed by atoms with Crippen LogP contribution in [-0.2, 0) is 9.53 Å². The summed E-state index contributed by atoms with van der Waals surface area (Å²) in [6, 6.07) is 9.31. The molecular weight excluding hydrogens is 358 g/mol. The number of benzene rings is 1. The van der Waals surface area contributed by atoms with Gasteiger partial charge in [0.05, 0.1) is 12.1 Å². The summed E-state index contributed by atoms with van der Waals surface area (Å²) >= 11 is 0. The number of methoxy groups -OCH3 is 1. The number of carbonyl (C=O) groups is 2. The van der Waals surface area contributed by atoms with Crippen molar-refractivity contribution in [3.8, 4) is 0 Å². The zero-order chi connectivity index (χ0) is 19.1. The first-order chi connectivity index (χ1) is 13.2. The van der Waals surface area contributed by atoms with Gasteiger partial charge in [-0.3, -0.25) is 9.59 Å². The molecule has 0 saturated carbocycles. The van der Waals surface area contributed by atoms with Gasteiger partial charge in [0.2, 0.25) is 5.91 Å². The van der Waals surface area contributed by atoms with Gasteiger partial charge in [0, 0.05) is 45.3 Å². The highest BCUT2D eigenvalue weighted by molar-refractivity contribution is 5.94. The van der Waals surface area contributed by atoms with Crippen molar-refractivity contribution in [1.29, 1.82) is 0 Å². The molecule has 2 fully saturated rings. The van der Waals surface area contributed by atoms with E-state index in [-0.39, 0.29) is 23.5 Å². The molecule has 0 aliphatic carbocycles. The summed E-state index contributed by atoms with van der Waals surface area (Å²) in [7, 11) is 1.70. The molecule has 0 spiro atoms. The lowest BCUT2D eigenvalue weighted by molar-refractivity contribution is -0.130. The largest absolute Gasteiger partial charge is 0.412 e. The molecule has 0 bridgehead atoms. The molecule has 2 aliphatic heterocycles. The molecule has 2 atom stereocenters. The Morgan fingerprint density at radius 3 is 2.54 bits per heavy atom. The third-order valence-corrected chi connectivity index (χ3v) is 5.62. The van der Waals surface area contributed by atoms with E-state index in [1.807, 2.05) is 35.2 Å². The Hall–Kier alpha value is -1.96. The molecule has 3 rings (SSSR count). The summed E-state index contributed by atoms with van der Waals surface area (Å²) in [5.74, 6) is 0.244. The molecule has 2 heterocycles. The summed E-state index contributed by atoms with van der Waals surface area (Å²) in [4.78, 5) is 28.9. The van der Waals surface area contributed by atoms with Gasteiger partial charge in [-0.15, -0.1) is 0 Å². The van der Waals surface area contributed by atoms with Gasteiger partial charge in [-0.05, 0) is 44.4 Å². The first kappa shape index (κ1) is 22.3. The van der Waals surface area contributed by atoms with Crippen LogP contribution in [0.2, 0.25) is 0 Å². The van der Waals surface area contributed by atoms with Crippen LogP contribution < -0.4 is 5.32 Å². The molecule has 156 valence electrons. The molecule has 2 aliphatic rings. The van der Waals surface area contributed by atoms with Crippen molar-refractivity contribution in [2.24, 2.45) is 0 Å². The fourth-order valence-corrected chi connectivity index (χ4v) is 4.01. The number of ether oxygens (including phenoxy) is 1. The standard InChI is InChI=1S/C21H31N3O3.H2O/c1-27-19-16-23(12-7-10-20(25)24-13-5-6-14-24)15-11-18(19)22-21(26)17-8-3-2-4-9-17;/h2-4,8-9,18-19H,5-7,10-16H2,1H3,(H,22,26);1H2. The molecule has 0 radical (unpaired) electrons. The van der Waals surface area contributed by atoms with Crippen molar-refractivity contribution in [1.82, 2.24) is 15.1 Å². The van der Waals surface area contributed by atoms with Crippen LogP contribution in [0.25, 0.3) is 0 Å². The molecule has 2 saturated heterocycles. The van der Waals surface area contributed by atoms with Crippen LogP contribution in [0.4, 0.5) is 0 Å². The van der Waals surface area contributed by atoms with Crippen LogP contribution in [0.5, 0.6) is 0 Å². The predicted octanol–water partition coefficient (Wildman–Crippen LogP) is 1.08. The molecule has 0 aromatic heterocycles. The Morgan fingerprint density at radius 1 is 1.14 bits per heavy atom. The van der Waals surface area contributed by atoms with Crippen molar-refractivity contribution in [3.05, 3.63) is 35.9 Å². The van der Waals surface area contributed by atoms with Gasteiger partial charge >= 0.3 is 0 Å². The molecule has 1 aromatic carbocycles. The molecule has 7 heteroatoms. The van der Waals surface area contributed by atoms with E-state index in [1.165, 1.54) is 0 Å². The van der Waals surface area contributed by atoms with Gasteiger partial charge in [-0.2, -0.15) is 0 Å². The average Bonchev–Trinajstić information content (AvgIpc) is 3.24. The van der Waals surface area contributed by atoms with Crippen LogP contribution in [0.1, 0.15) is 42.5 Å². The Bertz CT molecular complexity index is 619. The monoisotopic (exact) mass is 391 g/mol. The van der Waals surface area contributed by atoms with E-state index in [0.29, 0.717) is 17.9 Å². The van der Waals surface area contributed by atoms with Crippen LogP contribution in [-0.4, -0.2) is 79.1 Å². The second kappa shape index (κ2) is 11.1. The lowest BCUT2D eigenvalue weighted by Gasteiger charge is -2.38.